The maximum atomic E-state index is 13.3. The van der Waals surface area contributed by atoms with E-state index in [1.54, 1.807) is 49.6 Å². The van der Waals surface area contributed by atoms with Crippen LogP contribution in [0, 0.1) is 10.1 Å². The van der Waals surface area contributed by atoms with E-state index in [4.69, 9.17) is 16.3 Å². The minimum Gasteiger partial charge on any atom is -0.497 e. The highest BCUT2D eigenvalue weighted by Gasteiger charge is 2.25. The minimum absolute atomic E-state index is 0.0942. The number of anilines is 1. The molecule has 4 aromatic rings. The maximum absolute atomic E-state index is 13.3. The van der Waals surface area contributed by atoms with E-state index in [1.807, 2.05) is 12.1 Å². The third-order valence-electron chi connectivity index (χ3n) is 4.84. The van der Waals surface area contributed by atoms with Crippen LogP contribution in [0.15, 0.2) is 72.8 Å². The maximum Gasteiger partial charge on any atom is 0.288 e. The number of nitrogens with one attached hydrogen (secondary N) is 1. The number of nitro benzene ring substituents is 1. The molecule has 4 rings (SSSR count). The third-order valence-corrected chi connectivity index (χ3v) is 5.09. The van der Waals surface area contributed by atoms with Gasteiger partial charge in [0.05, 0.1) is 12.0 Å². The van der Waals surface area contributed by atoms with E-state index < -0.39 is 10.8 Å². The lowest BCUT2D eigenvalue weighted by Gasteiger charge is -2.08. The number of para-hydroxylation sites is 1. The molecule has 0 saturated carbocycles. The number of rotatable bonds is 7. The van der Waals surface area contributed by atoms with Gasteiger partial charge in [-0.05, 0) is 48.0 Å². The fourth-order valence-electron chi connectivity index (χ4n) is 3.14. The van der Waals surface area contributed by atoms with Crippen LogP contribution < -0.4 is 10.1 Å². The van der Waals surface area contributed by atoms with E-state index in [2.05, 4.69) is 15.4 Å². The SMILES string of the molecule is COc1ccc(-c2nc(NCc3ccc(Cl)cc3)n(C(=O)c3ccccc3[N+](=O)[O-])n2)cc1. The van der Waals surface area contributed by atoms with Crippen molar-refractivity contribution >= 4 is 29.1 Å². The second kappa shape index (κ2) is 9.49. The number of ether oxygens (including phenoxy) is 1. The Labute approximate surface area is 193 Å². The fourth-order valence-corrected chi connectivity index (χ4v) is 3.27. The van der Waals surface area contributed by atoms with Gasteiger partial charge in [-0.1, -0.05) is 35.9 Å². The molecule has 0 aliphatic carbocycles. The zero-order valence-electron chi connectivity index (χ0n) is 17.4. The Morgan fingerprint density at radius 1 is 1.09 bits per heavy atom. The Balaban J connectivity index is 1.73. The van der Waals surface area contributed by atoms with Crippen LogP contribution >= 0.6 is 11.6 Å². The van der Waals surface area contributed by atoms with E-state index in [1.165, 1.54) is 18.2 Å². The molecule has 1 heterocycles. The van der Waals surface area contributed by atoms with Gasteiger partial charge in [-0.25, -0.2) is 0 Å². The largest absolute Gasteiger partial charge is 0.497 e. The van der Waals surface area contributed by atoms with Crippen LogP contribution in [0.5, 0.6) is 5.75 Å². The van der Waals surface area contributed by atoms with Crippen molar-refractivity contribution in [1.29, 1.82) is 0 Å². The lowest BCUT2D eigenvalue weighted by atomic mass is 10.1. The van der Waals surface area contributed by atoms with Crippen LogP contribution in [0.2, 0.25) is 5.02 Å². The van der Waals surface area contributed by atoms with E-state index >= 15 is 0 Å². The topological polar surface area (TPSA) is 112 Å². The molecule has 0 aliphatic heterocycles. The van der Waals surface area contributed by atoms with Gasteiger partial charge < -0.3 is 10.1 Å². The van der Waals surface area contributed by atoms with Crippen LogP contribution in [-0.2, 0) is 6.54 Å². The Morgan fingerprint density at radius 3 is 2.45 bits per heavy atom. The van der Waals surface area contributed by atoms with Crippen molar-refractivity contribution in [3.05, 3.63) is 99.1 Å². The van der Waals surface area contributed by atoms with Crippen LogP contribution in [-0.4, -0.2) is 32.7 Å². The van der Waals surface area contributed by atoms with Crippen molar-refractivity contribution in [3.8, 4) is 17.1 Å². The average molecular weight is 464 g/mol. The molecule has 0 saturated heterocycles. The first-order valence-electron chi connectivity index (χ1n) is 9.84. The molecule has 0 aliphatic rings. The summed E-state index contributed by atoms with van der Waals surface area (Å²) in [5.74, 6) is 0.422. The quantitative estimate of drug-likeness (QED) is 0.309. The summed E-state index contributed by atoms with van der Waals surface area (Å²) in [4.78, 5) is 28.6. The van der Waals surface area contributed by atoms with Gasteiger partial charge in [0.15, 0.2) is 5.82 Å². The van der Waals surface area contributed by atoms with Crippen molar-refractivity contribution in [3.63, 3.8) is 0 Å². The normalized spacial score (nSPS) is 10.6. The van der Waals surface area contributed by atoms with Gasteiger partial charge in [-0.15, -0.1) is 5.10 Å². The standard InChI is InChI=1S/C23H18ClN5O4/c1-33-18-12-8-16(9-13-18)21-26-23(25-14-15-6-10-17(24)11-7-15)28(27-21)22(30)19-4-2-3-5-20(19)29(31)32/h2-13H,14H2,1H3,(H,25,26,27). The number of hydrogen-bond donors (Lipinski definition) is 1. The molecule has 166 valence electrons. The molecule has 0 fully saturated rings. The minimum atomic E-state index is -0.673. The predicted molar refractivity (Wildman–Crippen MR) is 124 cm³/mol. The molecule has 0 unspecified atom stereocenters. The Kier molecular flexibility index (Phi) is 6.32. The van der Waals surface area contributed by atoms with Gasteiger partial charge in [-0.3, -0.25) is 14.9 Å². The van der Waals surface area contributed by atoms with Gasteiger partial charge in [-0.2, -0.15) is 9.67 Å². The summed E-state index contributed by atoms with van der Waals surface area (Å²) in [6.45, 7) is 0.335. The Morgan fingerprint density at radius 2 is 1.79 bits per heavy atom. The first-order valence-corrected chi connectivity index (χ1v) is 10.2. The second-order valence-corrected chi connectivity index (χ2v) is 7.40. The number of carbonyl (C=O) groups is 1. The van der Waals surface area contributed by atoms with Gasteiger partial charge in [0, 0.05) is 23.2 Å². The molecule has 1 aromatic heterocycles. The number of methoxy groups -OCH3 is 1. The molecule has 9 nitrogen and oxygen atoms in total. The number of hydrogen-bond acceptors (Lipinski definition) is 7. The van der Waals surface area contributed by atoms with Gasteiger partial charge >= 0.3 is 0 Å². The van der Waals surface area contributed by atoms with Crippen LogP contribution in [0.4, 0.5) is 11.6 Å². The number of nitro groups is 1. The van der Waals surface area contributed by atoms with Crippen LogP contribution in [0.1, 0.15) is 15.9 Å². The summed E-state index contributed by atoms with van der Waals surface area (Å²) in [6.07, 6.45) is 0. The summed E-state index contributed by atoms with van der Waals surface area (Å²) in [5, 5.41) is 19.5. The number of nitrogens with zero attached hydrogens (tertiary/aromatic N) is 4. The van der Waals surface area contributed by atoms with Crippen LogP contribution in [0.25, 0.3) is 11.4 Å². The number of benzene rings is 3. The predicted octanol–water partition coefficient (Wildman–Crippen LogP) is 4.82. The smallest absolute Gasteiger partial charge is 0.288 e. The molecular formula is C23H18ClN5O4. The number of halogens is 1. The summed E-state index contributed by atoms with van der Waals surface area (Å²) in [6, 6.07) is 19.9. The molecule has 0 amide bonds. The molecule has 33 heavy (non-hydrogen) atoms. The highest BCUT2D eigenvalue weighted by molar-refractivity contribution is 6.30. The number of aromatic nitrogens is 3. The van der Waals surface area contributed by atoms with Crippen molar-refractivity contribution in [1.82, 2.24) is 14.8 Å². The van der Waals surface area contributed by atoms with Crippen LogP contribution in [0.3, 0.4) is 0 Å². The average Bonchev–Trinajstić information content (AvgIpc) is 3.27. The molecular weight excluding hydrogens is 446 g/mol. The summed E-state index contributed by atoms with van der Waals surface area (Å²) in [5.41, 5.74) is 1.15. The van der Waals surface area contributed by atoms with Crippen molar-refractivity contribution in [2.45, 2.75) is 6.54 Å². The van der Waals surface area contributed by atoms with Crippen molar-refractivity contribution in [2.24, 2.45) is 0 Å². The third kappa shape index (κ3) is 4.83. The number of carbonyl (C=O) groups excluding carboxylic acids is 1. The van der Waals surface area contributed by atoms with E-state index in [0.29, 0.717) is 22.9 Å². The highest BCUT2D eigenvalue weighted by atomic mass is 35.5. The molecule has 0 bridgehead atoms. The molecule has 0 spiro atoms. The molecule has 1 N–H and O–H groups in total. The first kappa shape index (κ1) is 22.0. The Bertz CT molecular complexity index is 1300. The van der Waals surface area contributed by atoms with E-state index in [0.717, 1.165) is 10.2 Å². The molecule has 10 heteroatoms. The zero-order chi connectivity index (χ0) is 23.4. The van der Waals surface area contributed by atoms with E-state index in [-0.39, 0.29) is 23.0 Å². The summed E-state index contributed by atoms with van der Waals surface area (Å²) < 4.78 is 6.22. The molecule has 0 atom stereocenters. The molecule has 3 aromatic carbocycles. The first-order chi connectivity index (χ1) is 16.0. The summed E-state index contributed by atoms with van der Waals surface area (Å²) in [7, 11) is 1.56. The van der Waals surface area contributed by atoms with Gasteiger partial charge in [0.2, 0.25) is 5.95 Å². The van der Waals surface area contributed by atoms with Gasteiger partial charge in [0.1, 0.15) is 11.3 Å². The van der Waals surface area contributed by atoms with Crippen molar-refractivity contribution < 1.29 is 14.5 Å². The second-order valence-electron chi connectivity index (χ2n) is 6.96. The Hall–Kier alpha value is -4.24. The lowest BCUT2D eigenvalue weighted by Crippen LogP contribution is -2.18. The monoisotopic (exact) mass is 463 g/mol. The fraction of sp³-hybridized carbons (Fsp3) is 0.0870. The highest BCUT2D eigenvalue weighted by Crippen LogP contribution is 2.24. The molecule has 0 radical (unpaired) electrons. The van der Waals surface area contributed by atoms with Crippen molar-refractivity contribution in [2.75, 3.05) is 12.4 Å². The lowest BCUT2D eigenvalue weighted by molar-refractivity contribution is -0.385. The van der Waals surface area contributed by atoms with E-state index in [9.17, 15) is 14.9 Å². The zero-order valence-corrected chi connectivity index (χ0v) is 18.2. The van der Waals surface area contributed by atoms with Gasteiger partial charge in [0.25, 0.3) is 11.6 Å². The summed E-state index contributed by atoms with van der Waals surface area (Å²) >= 11 is 5.94.